The van der Waals surface area contributed by atoms with Crippen LogP contribution in [0.5, 0.6) is 5.75 Å². The zero-order valence-electron chi connectivity index (χ0n) is 7.05. The van der Waals surface area contributed by atoms with Gasteiger partial charge in [0.2, 0.25) is 0 Å². The van der Waals surface area contributed by atoms with Crippen molar-refractivity contribution in [3.8, 4) is 5.75 Å². The molecule has 0 aliphatic carbocycles. The highest BCUT2D eigenvalue weighted by atomic mass is 79.9. The largest absolute Gasteiger partial charge is 0.486 e. The Hall–Kier alpha value is -0.830. The molecule has 1 aromatic rings. The molecule has 1 nitrogen and oxygen atoms in total. The fourth-order valence-electron chi connectivity index (χ4n) is 1.26. The van der Waals surface area contributed by atoms with Gasteiger partial charge in [-0.05, 0) is 35.0 Å². The Balaban J connectivity index is 2.52. The molecule has 1 unspecified atom stereocenters. The van der Waals surface area contributed by atoms with Crippen molar-refractivity contribution in [1.82, 2.24) is 0 Å². The van der Waals surface area contributed by atoms with E-state index in [1.807, 2.05) is 19.1 Å². The molecular formula is C10H8BrFO. The van der Waals surface area contributed by atoms with Gasteiger partial charge in [0.1, 0.15) is 17.7 Å². The first-order chi connectivity index (χ1) is 6.16. The Kier molecular flexibility index (Phi) is 2.12. The summed E-state index contributed by atoms with van der Waals surface area (Å²) in [6.07, 6.45) is 3.90. The van der Waals surface area contributed by atoms with Crippen LogP contribution in [-0.2, 0) is 0 Å². The van der Waals surface area contributed by atoms with Gasteiger partial charge in [-0.25, -0.2) is 4.39 Å². The van der Waals surface area contributed by atoms with Crippen molar-refractivity contribution in [2.75, 3.05) is 0 Å². The molecule has 1 aliphatic rings. The van der Waals surface area contributed by atoms with E-state index in [1.54, 1.807) is 6.07 Å². The summed E-state index contributed by atoms with van der Waals surface area (Å²) in [4.78, 5) is 0. The highest BCUT2D eigenvalue weighted by Gasteiger charge is 2.13. The molecule has 68 valence electrons. The molecule has 1 heterocycles. The predicted octanol–water partition coefficient (Wildman–Crippen LogP) is 3.38. The van der Waals surface area contributed by atoms with Crippen molar-refractivity contribution in [2.24, 2.45) is 0 Å². The minimum Gasteiger partial charge on any atom is -0.486 e. The first-order valence-electron chi connectivity index (χ1n) is 4.01. The molecule has 3 heteroatoms. The van der Waals surface area contributed by atoms with Crippen molar-refractivity contribution in [1.29, 1.82) is 0 Å². The second-order valence-electron chi connectivity index (χ2n) is 2.99. The quantitative estimate of drug-likeness (QED) is 0.678. The maximum Gasteiger partial charge on any atom is 0.141 e. The van der Waals surface area contributed by atoms with Gasteiger partial charge in [-0.1, -0.05) is 6.08 Å². The first kappa shape index (κ1) is 8.75. The maximum atomic E-state index is 13.1. The molecule has 0 bridgehead atoms. The lowest BCUT2D eigenvalue weighted by Gasteiger charge is -2.18. The summed E-state index contributed by atoms with van der Waals surface area (Å²) in [5.41, 5.74) is 0.909. The van der Waals surface area contributed by atoms with Crippen LogP contribution in [0.25, 0.3) is 6.08 Å². The van der Waals surface area contributed by atoms with Gasteiger partial charge in [-0.3, -0.25) is 0 Å². The molecule has 0 N–H and O–H groups in total. The van der Waals surface area contributed by atoms with E-state index >= 15 is 0 Å². The predicted molar refractivity (Wildman–Crippen MR) is 53.2 cm³/mol. The van der Waals surface area contributed by atoms with E-state index in [0.717, 1.165) is 5.56 Å². The van der Waals surface area contributed by atoms with Gasteiger partial charge in [0.25, 0.3) is 0 Å². The number of halogens is 2. The highest BCUT2D eigenvalue weighted by molar-refractivity contribution is 9.10. The lowest BCUT2D eigenvalue weighted by atomic mass is 10.1. The average Bonchev–Trinajstić information content (AvgIpc) is 2.08. The smallest absolute Gasteiger partial charge is 0.141 e. The van der Waals surface area contributed by atoms with Gasteiger partial charge < -0.3 is 4.74 Å². The number of ether oxygens (including phenoxy) is 1. The molecule has 0 saturated carbocycles. The molecule has 0 aromatic heterocycles. The Morgan fingerprint density at radius 3 is 3.00 bits per heavy atom. The molecular weight excluding hydrogens is 235 g/mol. The molecule has 0 spiro atoms. The summed E-state index contributed by atoms with van der Waals surface area (Å²) in [5, 5.41) is 0. The van der Waals surface area contributed by atoms with Gasteiger partial charge >= 0.3 is 0 Å². The third kappa shape index (κ3) is 1.61. The fourth-order valence-corrected chi connectivity index (χ4v) is 1.62. The van der Waals surface area contributed by atoms with Crippen LogP contribution in [0, 0.1) is 5.82 Å². The van der Waals surface area contributed by atoms with Crippen LogP contribution in [0.2, 0.25) is 0 Å². The molecule has 13 heavy (non-hydrogen) atoms. The Bertz CT molecular complexity index is 373. The second-order valence-corrected chi connectivity index (χ2v) is 3.84. The van der Waals surface area contributed by atoms with E-state index in [-0.39, 0.29) is 11.9 Å². The normalized spacial score (nSPS) is 19.5. The molecule has 1 atom stereocenters. The first-order valence-corrected chi connectivity index (χ1v) is 4.80. The van der Waals surface area contributed by atoms with Crippen molar-refractivity contribution >= 4 is 22.0 Å². The molecule has 1 aromatic carbocycles. The van der Waals surface area contributed by atoms with E-state index in [9.17, 15) is 4.39 Å². The van der Waals surface area contributed by atoms with Crippen molar-refractivity contribution < 1.29 is 9.13 Å². The van der Waals surface area contributed by atoms with Gasteiger partial charge in [-0.15, -0.1) is 0 Å². The van der Waals surface area contributed by atoms with Crippen LogP contribution in [0.3, 0.4) is 0 Å². The number of rotatable bonds is 0. The third-order valence-electron chi connectivity index (χ3n) is 1.91. The number of benzene rings is 1. The van der Waals surface area contributed by atoms with E-state index in [4.69, 9.17) is 4.74 Å². The second kappa shape index (κ2) is 3.14. The van der Waals surface area contributed by atoms with E-state index in [1.165, 1.54) is 6.07 Å². The average molecular weight is 243 g/mol. The van der Waals surface area contributed by atoms with Gasteiger partial charge in [0.05, 0.1) is 4.47 Å². The maximum absolute atomic E-state index is 13.1. The van der Waals surface area contributed by atoms with Gasteiger partial charge in [0.15, 0.2) is 0 Å². The van der Waals surface area contributed by atoms with Crippen molar-refractivity contribution in [3.63, 3.8) is 0 Å². The topological polar surface area (TPSA) is 9.23 Å². The molecule has 1 aliphatic heterocycles. The van der Waals surface area contributed by atoms with E-state index in [2.05, 4.69) is 15.9 Å². The molecule has 0 fully saturated rings. The number of fused-ring (bicyclic) bond motifs is 1. The summed E-state index contributed by atoms with van der Waals surface area (Å²) in [7, 11) is 0. The van der Waals surface area contributed by atoms with Crippen LogP contribution >= 0.6 is 15.9 Å². The summed E-state index contributed by atoms with van der Waals surface area (Å²) < 4.78 is 19.0. The minimum absolute atomic E-state index is 0.0214. The summed E-state index contributed by atoms with van der Waals surface area (Å²) in [6, 6.07) is 3.12. The highest BCUT2D eigenvalue weighted by Crippen LogP contribution is 2.30. The molecule has 2 rings (SSSR count). The van der Waals surface area contributed by atoms with Crippen LogP contribution < -0.4 is 4.74 Å². The van der Waals surface area contributed by atoms with Crippen molar-refractivity contribution in [2.45, 2.75) is 13.0 Å². The zero-order chi connectivity index (χ0) is 9.42. The molecule has 0 amide bonds. The van der Waals surface area contributed by atoms with E-state index < -0.39 is 0 Å². The van der Waals surface area contributed by atoms with Crippen LogP contribution in [-0.4, -0.2) is 6.10 Å². The minimum atomic E-state index is -0.291. The lowest BCUT2D eigenvalue weighted by Crippen LogP contribution is -2.12. The summed E-state index contributed by atoms with van der Waals surface area (Å²) in [5.74, 6) is 0.317. The molecule has 0 saturated heterocycles. The summed E-state index contributed by atoms with van der Waals surface area (Å²) in [6.45, 7) is 1.92. The van der Waals surface area contributed by atoms with Crippen LogP contribution in [0.15, 0.2) is 22.7 Å². The Labute approximate surface area is 84.3 Å². The Morgan fingerprint density at radius 2 is 2.23 bits per heavy atom. The van der Waals surface area contributed by atoms with Crippen LogP contribution in [0.1, 0.15) is 12.5 Å². The van der Waals surface area contributed by atoms with Crippen LogP contribution in [0.4, 0.5) is 4.39 Å². The third-order valence-corrected chi connectivity index (χ3v) is 2.52. The standard InChI is InChI=1S/C10H8BrFO/c1-6-2-3-7-4-8(11)9(12)5-10(7)13-6/h2-6H,1H3. The Morgan fingerprint density at radius 1 is 1.46 bits per heavy atom. The monoisotopic (exact) mass is 242 g/mol. The van der Waals surface area contributed by atoms with Gasteiger partial charge in [-0.2, -0.15) is 0 Å². The zero-order valence-corrected chi connectivity index (χ0v) is 8.64. The van der Waals surface area contributed by atoms with Crippen molar-refractivity contribution in [3.05, 3.63) is 34.1 Å². The number of hydrogen-bond donors (Lipinski definition) is 0. The molecule has 0 radical (unpaired) electrons. The fraction of sp³-hybridized carbons (Fsp3) is 0.200. The lowest BCUT2D eigenvalue weighted by molar-refractivity contribution is 0.264. The number of hydrogen-bond acceptors (Lipinski definition) is 1. The summed E-state index contributed by atoms with van der Waals surface area (Å²) >= 11 is 3.12. The SMILES string of the molecule is CC1C=Cc2cc(Br)c(F)cc2O1. The van der Waals surface area contributed by atoms with E-state index in [0.29, 0.717) is 10.2 Å². The van der Waals surface area contributed by atoms with Gasteiger partial charge in [0, 0.05) is 11.6 Å².